The summed E-state index contributed by atoms with van der Waals surface area (Å²) in [5.74, 6) is -1.04. The summed E-state index contributed by atoms with van der Waals surface area (Å²) < 4.78 is 1.72. The standard InChI is InChI=1S/C13H22N4O3/c1-6-17(13(3,4)11(18)19)12(20)14-7-10-8-15-16(5)9(10)2/h8H,6-7H2,1-5H3,(H,14,20)(H,18,19). The molecule has 20 heavy (non-hydrogen) atoms. The number of urea groups is 1. The van der Waals surface area contributed by atoms with Crippen molar-refractivity contribution < 1.29 is 14.7 Å². The molecule has 1 heterocycles. The number of amides is 2. The molecule has 0 aliphatic rings. The third kappa shape index (κ3) is 3.09. The molecule has 0 saturated carbocycles. The second kappa shape index (κ2) is 5.94. The number of carbonyl (C=O) groups is 2. The number of nitrogens with one attached hydrogen (secondary N) is 1. The average molecular weight is 282 g/mol. The molecule has 0 bridgehead atoms. The average Bonchev–Trinajstić information content (AvgIpc) is 2.68. The van der Waals surface area contributed by atoms with Crippen molar-refractivity contribution in [2.45, 2.75) is 39.8 Å². The van der Waals surface area contributed by atoms with Gasteiger partial charge in [0.1, 0.15) is 5.54 Å². The summed E-state index contributed by atoms with van der Waals surface area (Å²) in [5.41, 5.74) is 0.624. The molecule has 0 spiro atoms. The van der Waals surface area contributed by atoms with Crippen molar-refractivity contribution in [1.29, 1.82) is 0 Å². The Balaban J connectivity index is 2.74. The van der Waals surface area contributed by atoms with E-state index in [-0.39, 0.29) is 0 Å². The number of aryl methyl sites for hydroxylation is 1. The maximum Gasteiger partial charge on any atom is 0.329 e. The molecule has 112 valence electrons. The van der Waals surface area contributed by atoms with E-state index in [1.807, 2.05) is 14.0 Å². The van der Waals surface area contributed by atoms with Gasteiger partial charge in [-0.2, -0.15) is 5.10 Å². The Morgan fingerprint density at radius 1 is 1.50 bits per heavy atom. The molecule has 0 aromatic carbocycles. The van der Waals surface area contributed by atoms with Crippen LogP contribution in [-0.2, 0) is 18.4 Å². The largest absolute Gasteiger partial charge is 0.480 e. The van der Waals surface area contributed by atoms with Gasteiger partial charge in [0.05, 0.1) is 6.20 Å². The highest BCUT2D eigenvalue weighted by atomic mass is 16.4. The molecule has 0 fully saturated rings. The van der Waals surface area contributed by atoms with Crippen LogP contribution in [-0.4, -0.2) is 43.9 Å². The van der Waals surface area contributed by atoms with E-state index in [1.165, 1.54) is 18.7 Å². The summed E-state index contributed by atoms with van der Waals surface area (Å²) in [4.78, 5) is 24.7. The lowest BCUT2D eigenvalue weighted by molar-refractivity contribution is -0.147. The van der Waals surface area contributed by atoms with Gasteiger partial charge >= 0.3 is 12.0 Å². The third-order valence-corrected chi connectivity index (χ3v) is 3.53. The first-order chi connectivity index (χ1) is 9.21. The Kier molecular flexibility index (Phi) is 4.75. The highest BCUT2D eigenvalue weighted by molar-refractivity contribution is 5.85. The van der Waals surface area contributed by atoms with Crippen LogP contribution in [0.4, 0.5) is 4.79 Å². The summed E-state index contributed by atoms with van der Waals surface area (Å²) in [7, 11) is 1.83. The number of hydrogen-bond donors (Lipinski definition) is 2. The smallest absolute Gasteiger partial charge is 0.329 e. The van der Waals surface area contributed by atoms with Gasteiger partial charge in [0.25, 0.3) is 0 Å². The number of hydrogen-bond acceptors (Lipinski definition) is 3. The summed E-state index contributed by atoms with van der Waals surface area (Å²) in [6, 6.07) is -0.400. The Labute approximate surface area is 118 Å². The predicted octanol–water partition coefficient (Wildman–Crippen LogP) is 1.12. The van der Waals surface area contributed by atoms with Crippen molar-refractivity contribution in [2.24, 2.45) is 7.05 Å². The highest BCUT2D eigenvalue weighted by Crippen LogP contribution is 2.15. The van der Waals surface area contributed by atoms with Crippen LogP contribution in [0.5, 0.6) is 0 Å². The molecule has 7 heteroatoms. The van der Waals surface area contributed by atoms with Gasteiger partial charge in [-0.25, -0.2) is 9.59 Å². The van der Waals surface area contributed by atoms with E-state index in [9.17, 15) is 14.7 Å². The zero-order valence-electron chi connectivity index (χ0n) is 12.6. The van der Waals surface area contributed by atoms with Crippen LogP contribution < -0.4 is 5.32 Å². The first kappa shape index (κ1) is 16.0. The van der Waals surface area contributed by atoms with Gasteiger partial charge in [0, 0.05) is 31.4 Å². The summed E-state index contributed by atoms with van der Waals surface area (Å²) in [5, 5.41) is 16.0. The van der Waals surface area contributed by atoms with E-state index in [4.69, 9.17) is 0 Å². The topological polar surface area (TPSA) is 87.5 Å². The first-order valence-electron chi connectivity index (χ1n) is 6.48. The molecule has 1 aromatic rings. The molecule has 2 amide bonds. The van der Waals surface area contributed by atoms with Crippen molar-refractivity contribution in [1.82, 2.24) is 20.0 Å². The first-order valence-corrected chi connectivity index (χ1v) is 6.48. The number of likely N-dealkylation sites (N-methyl/N-ethyl adjacent to an activating group) is 1. The number of nitrogens with zero attached hydrogens (tertiary/aromatic N) is 3. The van der Waals surface area contributed by atoms with Crippen LogP contribution in [0.2, 0.25) is 0 Å². The maximum atomic E-state index is 12.1. The number of aliphatic carboxylic acids is 1. The normalized spacial score (nSPS) is 11.2. The Hall–Kier alpha value is -2.05. The number of aromatic nitrogens is 2. The highest BCUT2D eigenvalue weighted by Gasteiger charge is 2.36. The van der Waals surface area contributed by atoms with Gasteiger partial charge in [-0.3, -0.25) is 4.68 Å². The van der Waals surface area contributed by atoms with Crippen molar-refractivity contribution >= 4 is 12.0 Å². The van der Waals surface area contributed by atoms with Crippen molar-refractivity contribution in [3.63, 3.8) is 0 Å². The van der Waals surface area contributed by atoms with E-state index in [1.54, 1.807) is 17.8 Å². The molecule has 1 rings (SSSR count). The molecule has 0 atom stereocenters. The fourth-order valence-electron chi connectivity index (χ4n) is 1.89. The van der Waals surface area contributed by atoms with Crippen LogP contribution in [0.15, 0.2) is 6.20 Å². The molecule has 7 nitrogen and oxygen atoms in total. The third-order valence-electron chi connectivity index (χ3n) is 3.53. The summed E-state index contributed by atoms with van der Waals surface area (Å²) >= 11 is 0. The van der Waals surface area contributed by atoms with Crippen LogP contribution >= 0.6 is 0 Å². The van der Waals surface area contributed by atoms with Gasteiger partial charge in [-0.15, -0.1) is 0 Å². The number of carboxylic acids is 1. The van der Waals surface area contributed by atoms with Crippen LogP contribution in [0.3, 0.4) is 0 Å². The van der Waals surface area contributed by atoms with Crippen molar-refractivity contribution in [3.05, 3.63) is 17.5 Å². The van der Waals surface area contributed by atoms with Gasteiger partial charge in [0.2, 0.25) is 0 Å². The van der Waals surface area contributed by atoms with E-state index in [2.05, 4.69) is 10.4 Å². The minimum atomic E-state index is -1.25. The van der Waals surface area contributed by atoms with E-state index >= 15 is 0 Å². The second-order valence-corrected chi connectivity index (χ2v) is 5.15. The van der Waals surface area contributed by atoms with Crippen LogP contribution in [0, 0.1) is 6.92 Å². The van der Waals surface area contributed by atoms with Crippen LogP contribution in [0.1, 0.15) is 32.0 Å². The Morgan fingerprint density at radius 2 is 2.10 bits per heavy atom. The molecule has 1 aromatic heterocycles. The molecule has 0 radical (unpaired) electrons. The van der Waals surface area contributed by atoms with E-state index in [0.717, 1.165) is 11.3 Å². The monoisotopic (exact) mass is 282 g/mol. The molecular weight excluding hydrogens is 260 g/mol. The van der Waals surface area contributed by atoms with Gasteiger partial charge in [-0.05, 0) is 27.7 Å². The molecule has 0 saturated heterocycles. The Morgan fingerprint density at radius 3 is 2.50 bits per heavy atom. The lowest BCUT2D eigenvalue weighted by atomic mass is 10.0. The molecule has 0 aliphatic heterocycles. The zero-order chi connectivity index (χ0) is 15.5. The van der Waals surface area contributed by atoms with Gasteiger partial charge in [-0.1, -0.05) is 0 Å². The number of rotatable bonds is 5. The minimum Gasteiger partial charge on any atom is -0.480 e. The minimum absolute atomic E-state index is 0.317. The summed E-state index contributed by atoms with van der Waals surface area (Å²) in [6.07, 6.45) is 1.69. The predicted molar refractivity (Wildman–Crippen MR) is 74.3 cm³/mol. The SMILES string of the molecule is CCN(C(=O)NCc1cnn(C)c1C)C(C)(C)C(=O)O. The quantitative estimate of drug-likeness (QED) is 0.847. The number of carbonyl (C=O) groups excluding carboxylic acids is 1. The second-order valence-electron chi connectivity index (χ2n) is 5.15. The number of carboxylic acid groups (broad SMARTS) is 1. The van der Waals surface area contributed by atoms with Crippen molar-refractivity contribution in [3.8, 4) is 0 Å². The zero-order valence-corrected chi connectivity index (χ0v) is 12.6. The van der Waals surface area contributed by atoms with E-state index in [0.29, 0.717) is 13.1 Å². The van der Waals surface area contributed by atoms with Crippen LogP contribution in [0.25, 0.3) is 0 Å². The van der Waals surface area contributed by atoms with E-state index < -0.39 is 17.5 Å². The molecule has 2 N–H and O–H groups in total. The maximum absolute atomic E-state index is 12.1. The molecule has 0 aliphatic carbocycles. The van der Waals surface area contributed by atoms with Crippen molar-refractivity contribution in [2.75, 3.05) is 6.54 Å². The summed E-state index contributed by atoms with van der Waals surface area (Å²) in [6.45, 7) is 7.32. The Bertz CT molecular complexity index is 508. The fraction of sp³-hybridized carbons (Fsp3) is 0.615. The van der Waals surface area contributed by atoms with Gasteiger partial charge < -0.3 is 15.3 Å². The molecule has 0 unspecified atom stereocenters. The fourth-order valence-corrected chi connectivity index (χ4v) is 1.89. The lowest BCUT2D eigenvalue weighted by Gasteiger charge is -2.34. The van der Waals surface area contributed by atoms with Gasteiger partial charge in [0.15, 0.2) is 0 Å². The molecular formula is C13H22N4O3. The lowest BCUT2D eigenvalue weighted by Crippen LogP contribution is -2.55.